The summed E-state index contributed by atoms with van der Waals surface area (Å²) in [5.74, 6) is 4.06. The first kappa shape index (κ1) is 20.2. The highest BCUT2D eigenvalue weighted by Gasteiger charge is 2.52. The van der Waals surface area contributed by atoms with Gasteiger partial charge in [0.15, 0.2) is 0 Å². The van der Waals surface area contributed by atoms with Gasteiger partial charge in [-0.2, -0.15) is 8.78 Å². The van der Waals surface area contributed by atoms with Gasteiger partial charge in [-0.25, -0.2) is 4.39 Å². The van der Waals surface area contributed by atoms with Gasteiger partial charge in [0.2, 0.25) is 0 Å². The number of nitrogens with one attached hydrogen (secondary N) is 1. The molecule has 1 heterocycles. The van der Waals surface area contributed by atoms with E-state index in [0.717, 1.165) is 31.5 Å². The molecular formula is C22H19F3N2O3. The van der Waals surface area contributed by atoms with Gasteiger partial charge in [0.05, 0.1) is 23.9 Å². The van der Waals surface area contributed by atoms with Gasteiger partial charge in [0, 0.05) is 17.3 Å². The van der Waals surface area contributed by atoms with Gasteiger partial charge in [-0.1, -0.05) is 11.8 Å². The largest absolute Gasteiger partial charge is 0.434 e. The summed E-state index contributed by atoms with van der Waals surface area (Å²) < 4.78 is 43.2. The zero-order chi connectivity index (χ0) is 21.3. The van der Waals surface area contributed by atoms with Gasteiger partial charge in [-0.05, 0) is 55.4 Å². The molecule has 2 fully saturated rings. The lowest BCUT2D eigenvalue weighted by molar-refractivity contribution is -0.0500. The first-order valence-corrected chi connectivity index (χ1v) is 9.54. The summed E-state index contributed by atoms with van der Waals surface area (Å²) >= 11 is 0. The molecule has 2 saturated carbocycles. The lowest BCUT2D eigenvalue weighted by Gasteiger charge is -2.17. The Hall–Kier alpha value is -3.05. The van der Waals surface area contributed by atoms with E-state index in [1.165, 1.54) is 24.4 Å². The van der Waals surface area contributed by atoms with Crippen LogP contribution < -0.4 is 10.1 Å². The van der Waals surface area contributed by atoms with E-state index in [1.807, 2.05) is 0 Å². The number of pyridine rings is 1. The minimum Gasteiger partial charge on any atom is -0.434 e. The lowest BCUT2D eigenvalue weighted by Crippen LogP contribution is -2.39. The Labute approximate surface area is 171 Å². The number of carbonyl (C=O) groups is 1. The summed E-state index contributed by atoms with van der Waals surface area (Å²) in [5.41, 5.74) is 0.652. The molecule has 1 spiro atoms. The molecule has 2 N–H and O–H groups in total. The third-order valence-electron chi connectivity index (χ3n) is 5.54. The third-order valence-corrected chi connectivity index (χ3v) is 5.54. The monoisotopic (exact) mass is 416 g/mol. The fourth-order valence-corrected chi connectivity index (χ4v) is 3.84. The zero-order valence-corrected chi connectivity index (χ0v) is 15.9. The van der Waals surface area contributed by atoms with E-state index in [9.17, 15) is 23.1 Å². The molecule has 1 aromatic carbocycles. The molecule has 5 nitrogen and oxygen atoms in total. The van der Waals surface area contributed by atoms with Crippen LogP contribution in [-0.2, 0) is 0 Å². The second-order valence-corrected chi connectivity index (χ2v) is 7.79. The fourth-order valence-electron chi connectivity index (χ4n) is 3.84. The Morgan fingerprint density at radius 2 is 2.03 bits per heavy atom. The maximum Gasteiger partial charge on any atom is 0.387 e. The van der Waals surface area contributed by atoms with Crippen LogP contribution in [0.25, 0.3) is 0 Å². The summed E-state index contributed by atoms with van der Waals surface area (Å²) in [6.07, 6.45) is 5.27. The van der Waals surface area contributed by atoms with Gasteiger partial charge in [0.1, 0.15) is 11.6 Å². The average molecular weight is 416 g/mol. The van der Waals surface area contributed by atoms with Crippen LogP contribution in [0, 0.1) is 23.1 Å². The Balaban J connectivity index is 1.57. The molecule has 8 heteroatoms. The number of nitrogens with zero attached hydrogens (tertiary/aromatic N) is 1. The molecule has 0 aliphatic heterocycles. The number of aromatic nitrogens is 1. The number of halogens is 3. The van der Waals surface area contributed by atoms with Crippen molar-refractivity contribution in [2.24, 2.45) is 5.41 Å². The predicted octanol–water partition coefficient (Wildman–Crippen LogP) is 3.26. The quantitative estimate of drug-likeness (QED) is 0.751. The normalized spacial score (nSPS) is 21.2. The number of carbonyl (C=O) groups excluding carboxylic acids is 1. The number of benzene rings is 1. The van der Waals surface area contributed by atoms with Crippen molar-refractivity contribution >= 4 is 5.91 Å². The number of hydrogen-bond donors (Lipinski definition) is 2. The highest BCUT2D eigenvalue weighted by atomic mass is 19.3. The van der Waals surface area contributed by atoms with Gasteiger partial charge in [-0.3, -0.25) is 9.78 Å². The van der Waals surface area contributed by atoms with E-state index >= 15 is 0 Å². The molecule has 2 aliphatic rings. The number of amides is 1. The minimum absolute atomic E-state index is 0.0536. The number of ether oxygens (including phenoxy) is 1. The molecule has 156 valence electrons. The van der Waals surface area contributed by atoms with E-state index in [2.05, 4.69) is 26.9 Å². The molecule has 0 bridgehead atoms. The van der Waals surface area contributed by atoms with Crippen LogP contribution in [-0.4, -0.2) is 34.8 Å². The van der Waals surface area contributed by atoms with Crippen LogP contribution in [0.15, 0.2) is 36.7 Å². The molecule has 0 radical (unpaired) electrons. The summed E-state index contributed by atoms with van der Waals surface area (Å²) in [4.78, 5) is 16.3. The van der Waals surface area contributed by atoms with Gasteiger partial charge >= 0.3 is 6.61 Å². The van der Waals surface area contributed by atoms with Crippen molar-refractivity contribution in [3.05, 3.63) is 59.2 Å². The molecule has 2 aromatic rings. The standard InChI is InChI=1S/C22H19F3N2O3/c23-16-7-13(11-26-12-16)1-2-14-8-15(3-4-19(14)30-21(24)25)20(29)27-17-9-22(5-6-22)10-18(17)28/h3-4,7-8,11-12,17-18,21,28H,5-6,9-10H2,(H,27,29)/t17-,18-/m0/s1. The van der Waals surface area contributed by atoms with E-state index in [0.29, 0.717) is 6.42 Å². The second-order valence-electron chi connectivity index (χ2n) is 7.79. The summed E-state index contributed by atoms with van der Waals surface area (Å²) in [7, 11) is 0. The van der Waals surface area contributed by atoms with Crippen LogP contribution in [0.5, 0.6) is 5.75 Å². The number of rotatable bonds is 4. The Kier molecular flexibility index (Phi) is 5.39. The minimum atomic E-state index is -3.07. The summed E-state index contributed by atoms with van der Waals surface area (Å²) in [6, 6.07) is 4.74. The van der Waals surface area contributed by atoms with E-state index in [-0.39, 0.29) is 33.9 Å². The fraction of sp³-hybridized carbons (Fsp3) is 0.364. The summed E-state index contributed by atoms with van der Waals surface area (Å²) in [6.45, 7) is -3.07. The van der Waals surface area contributed by atoms with Crippen LogP contribution in [0.3, 0.4) is 0 Å². The number of aliphatic hydroxyl groups is 1. The molecule has 1 amide bonds. The Bertz CT molecular complexity index is 1030. The molecule has 4 rings (SSSR count). The van der Waals surface area contributed by atoms with Crippen LogP contribution in [0.2, 0.25) is 0 Å². The molecule has 0 unspecified atom stereocenters. The van der Waals surface area contributed by atoms with Crippen molar-refractivity contribution in [3.8, 4) is 17.6 Å². The zero-order valence-electron chi connectivity index (χ0n) is 15.9. The lowest BCUT2D eigenvalue weighted by atomic mass is 10.1. The van der Waals surface area contributed by atoms with Crippen molar-refractivity contribution in [2.45, 2.75) is 44.4 Å². The number of hydrogen-bond acceptors (Lipinski definition) is 4. The Morgan fingerprint density at radius 3 is 2.70 bits per heavy atom. The Morgan fingerprint density at radius 1 is 1.23 bits per heavy atom. The third kappa shape index (κ3) is 4.57. The average Bonchev–Trinajstić information content (AvgIpc) is 3.37. The van der Waals surface area contributed by atoms with E-state index in [1.54, 1.807) is 0 Å². The topological polar surface area (TPSA) is 71.5 Å². The van der Waals surface area contributed by atoms with Crippen LogP contribution in [0.4, 0.5) is 13.2 Å². The number of alkyl halides is 2. The summed E-state index contributed by atoms with van der Waals surface area (Å²) in [5, 5.41) is 13.0. The van der Waals surface area contributed by atoms with Crippen molar-refractivity contribution in [2.75, 3.05) is 0 Å². The maximum absolute atomic E-state index is 13.3. The van der Waals surface area contributed by atoms with Gasteiger partial charge < -0.3 is 15.2 Å². The van der Waals surface area contributed by atoms with Crippen LogP contribution >= 0.6 is 0 Å². The van der Waals surface area contributed by atoms with E-state index in [4.69, 9.17) is 0 Å². The highest BCUT2D eigenvalue weighted by Crippen LogP contribution is 2.57. The predicted molar refractivity (Wildman–Crippen MR) is 101 cm³/mol. The number of aliphatic hydroxyl groups excluding tert-OH is 1. The molecule has 1 aromatic heterocycles. The molecular weight excluding hydrogens is 397 g/mol. The first-order chi connectivity index (χ1) is 14.3. The molecule has 2 aliphatic carbocycles. The van der Waals surface area contributed by atoms with Crippen molar-refractivity contribution in [1.82, 2.24) is 10.3 Å². The first-order valence-electron chi connectivity index (χ1n) is 9.54. The second kappa shape index (κ2) is 8.00. The van der Waals surface area contributed by atoms with Crippen molar-refractivity contribution < 1.29 is 27.8 Å². The molecule has 0 saturated heterocycles. The SMILES string of the molecule is O=C(N[C@H]1CC2(CC2)C[C@@H]1O)c1ccc(OC(F)F)c(C#Cc2cncc(F)c2)c1. The molecule has 2 atom stereocenters. The highest BCUT2D eigenvalue weighted by molar-refractivity contribution is 5.95. The van der Waals surface area contributed by atoms with E-state index < -0.39 is 24.4 Å². The smallest absolute Gasteiger partial charge is 0.387 e. The van der Waals surface area contributed by atoms with Gasteiger partial charge in [0.25, 0.3) is 5.91 Å². The van der Waals surface area contributed by atoms with Gasteiger partial charge in [-0.15, -0.1) is 0 Å². The van der Waals surface area contributed by atoms with Crippen molar-refractivity contribution in [1.29, 1.82) is 0 Å². The van der Waals surface area contributed by atoms with Crippen molar-refractivity contribution in [3.63, 3.8) is 0 Å². The van der Waals surface area contributed by atoms with Crippen LogP contribution in [0.1, 0.15) is 47.2 Å². The molecule has 30 heavy (non-hydrogen) atoms. The maximum atomic E-state index is 13.3.